The summed E-state index contributed by atoms with van der Waals surface area (Å²) >= 11 is 0. The Morgan fingerprint density at radius 1 is 1.25 bits per heavy atom. The maximum atomic E-state index is 2.33. The molecule has 68 valence electrons. The van der Waals surface area contributed by atoms with E-state index in [1.54, 1.807) is 0 Å². The van der Waals surface area contributed by atoms with Crippen molar-refractivity contribution in [3.8, 4) is 0 Å². The van der Waals surface area contributed by atoms with Gasteiger partial charge in [-0.3, -0.25) is 0 Å². The van der Waals surface area contributed by atoms with Crippen molar-refractivity contribution in [2.75, 3.05) is 0 Å². The number of hydrogen-bond donors (Lipinski definition) is 0. The second kappa shape index (κ2) is 3.74. The normalized spacial score (nSPS) is 10.7. The second-order valence-corrected chi connectivity index (χ2v) is 3.09. The highest BCUT2D eigenvalue weighted by Crippen LogP contribution is 2.02. The Morgan fingerprint density at radius 3 is 2.25 bits per heavy atom. The molecule has 0 saturated heterocycles. The minimum absolute atomic E-state index is 1.08. The molecule has 0 aliphatic rings. The Hall–Kier alpha value is -0.790. The molecule has 1 rings (SSSR count). The third kappa shape index (κ3) is 1.38. The van der Waals surface area contributed by atoms with Crippen LogP contribution in [0.3, 0.4) is 0 Å². The molecule has 1 aromatic heterocycles. The van der Waals surface area contributed by atoms with Gasteiger partial charge in [-0.05, 0) is 6.92 Å². The molecule has 12 heavy (non-hydrogen) atoms. The molecule has 0 atom stereocenters. The Balaban J connectivity index is 3.13. The lowest BCUT2D eigenvalue weighted by Gasteiger charge is -1.95. The minimum atomic E-state index is 1.08. The Labute approximate surface area is 74.8 Å². The van der Waals surface area contributed by atoms with E-state index in [1.165, 1.54) is 11.5 Å². The van der Waals surface area contributed by atoms with E-state index in [0.717, 1.165) is 19.4 Å². The van der Waals surface area contributed by atoms with Crippen LogP contribution in [-0.2, 0) is 26.4 Å². The fourth-order valence-electron chi connectivity index (χ4n) is 1.74. The van der Waals surface area contributed by atoms with Gasteiger partial charge in [-0.2, -0.15) is 0 Å². The molecule has 0 aliphatic heterocycles. The van der Waals surface area contributed by atoms with Gasteiger partial charge in [-0.1, -0.05) is 13.8 Å². The third-order valence-electron chi connectivity index (χ3n) is 2.47. The zero-order chi connectivity index (χ0) is 9.14. The molecule has 0 amide bonds. The Morgan fingerprint density at radius 2 is 1.92 bits per heavy atom. The number of rotatable bonds is 3. The summed E-state index contributed by atoms with van der Waals surface area (Å²) in [6.45, 7) is 7.69. The van der Waals surface area contributed by atoms with Gasteiger partial charge in [0.1, 0.15) is 11.9 Å². The predicted octanol–water partition coefficient (Wildman–Crippen LogP) is 1.46. The van der Waals surface area contributed by atoms with Gasteiger partial charge in [0.05, 0.1) is 13.6 Å². The van der Waals surface area contributed by atoms with Crippen LogP contribution < -0.4 is 4.57 Å². The molecule has 2 nitrogen and oxygen atoms in total. The highest BCUT2D eigenvalue weighted by Gasteiger charge is 2.15. The average Bonchev–Trinajstić information content (AvgIpc) is 2.41. The number of nitrogens with zero attached hydrogens (tertiary/aromatic N) is 2. The molecule has 0 unspecified atom stereocenters. The quantitative estimate of drug-likeness (QED) is 0.603. The summed E-state index contributed by atoms with van der Waals surface area (Å²) in [6, 6.07) is 0. The van der Waals surface area contributed by atoms with Crippen molar-refractivity contribution in [3.05, 3.63) is 17.7 Å². The van der Waals surface area contributed by atoms with E-state index < -0.39 is 0 Å². The first-order chi connectivity index (χ1) is 5.74. The zero-order valence-electron chi connectivity index (χ0n) is 8.59. The van der Waals surface area contributed by atoms with Crippen LogP contribution in [0.2, 0.25) is 0 Å². The largest absolute Gasteiger partial charge is 0.256 e. The fourth-order valence-corrected chi connectivity index (χ4v) is 1.74. The molecule has 0 fully saturated rings. The molecule has 0 aliphatic carbocycles. The van der Waals surface area contributed by atoms with Crippen molar-refractivity contribution in [1.82, 2.24) is 4.57 Å². The monoisotopic (exact) mass is 167 g/mol. The molecule has 2 heteroatoms. The fraction of sp³-hybridized carbons (Fsp3) is 0.700. The summed E-state index contributed by atoms with van der Waals surface area (Å²) in [7, 11) is 2.16. The molecule has 0 aromatic carbocycles. The molecular weight excluding hydrogens is 148 g/mol. The van der Waals surface area contributed by atoms with Crippen molar-refractivity contribution in [2.24, 2.45) is 7.05 Å². The first-order valence-corrected chi connectivity index (χ1v) is 4.81. The van der Waals surface area contributed by atoms with Crippen LogP contribution in [0.25, 0.3) is 0 Å². The minimum Gasteiger partial charge on any atom is -0.234 e. The topological polar surface area (TPSA) is 8.81 Å². The van der Waals surface area contributed by atoms with Crippen LogP contribution >= 0.6 is 0 Å². The number of aryl methyl sites for hydroxylation is 2. The SMILES string of the molecule is CCc1c[n+](CC)c(CC)n1C. The smallest absolute Gasteiger partial charge is 0.234 e. The molecule has 0 saturated carbocycles. The molecule has 0 bridgehead atoms. The third-order valence-corrected chi connectivity index (χ3v) is 2.47. The van der Waals surface area contributed by atoms with Crippen LogP contribution in [0.4, 0.5) is 0 Å². The lowest BCUT2D eigenvalue weighted by Crippen LogP contribution is -2.35. The molecular formula is C10H19N2+. The van der Waals surface area contributed by atoms with Crippen LogP contribution in [0.1, 0.15) is 32.3 Å². The van der Waals surface area contributed by atoms with E-state index in [9.17, 15) is 0 Å². The van der Waals surface area contributed by atoms with Gasteiger partial charge in [-0.25, -0.2) is 9.13 Å². The van der Waals surface area contributed by atoms with Crippen molar-refractivity contribution in [1.29, 1.82) is 0 Å². The Kier molecular flexibility index (Phi) is 2.90. The van der Waals surface area contributed by atoms with E-state index in [-0.39, 0.29) is 0 Å². The van der Waals surface area contributed by atoms with Crippen LogP contribution in [0.15, 0.2) is 6.20 Å². The van der Waals surface area contributed by atoms with E-state index >= 15 is 0 Å². The van der Waals surface area contributed by atoms with Crippen molar-refractivity contribution >= 4 is 0 Å². The maximum absolute atomic E-state index is 2.33. The van der Waals surface area contributed by atoms with Crippen LogP contribution in [0.5, 0.6) is 0 Å². The first-order valence-electron chi connectivity index (χ1n) is 4.81. The van der Waals surface area contributed by atoms with E-state index in [0.29, 0.717) is 0 Å². The molecule has 1 aromatic rings. The van der Waals surface area contributed by atoms with Gasteiger partial charge in [0.25, 0.3) is 5.82 Å². The number of imidazole rings is 1. The Bertz CT molecular complexity index is 261. The lowest BCUT2D eigenvalue weighted by molar-refractivity contribution is -0.700. The molecule has 0 spiro atoms. The van der Waals surface area contributed by atoms with Gasteiger partial charge < -0.3 is 0 Å². The van der Waals surface area contributed by atoms with Gasteiger partial charge in [0.15, 0.2) is 0 Å². The summed E-state index contributed by atoms with van der Waals surface area (Å²) in [5.74, 6) is 1.43. The second-order valence-electron chi connectivity index (χ2n) is 3.09. The van der Waals surface area contributed by atoms with Crippen molar-refractivity contribution in [3.63, 3.8) is 0 Å². The highest BCUT2D eigenvalue weighted by molar-refractivity contribution is 4.97. The van der Waals surface area contributed by atoms with E-state index in [2.05, 4.69) is 43.1 Å². The summed E-state index contributed by atoms with van der Waals surface area (Å²) in [5.41, 5.74) is 1.42. The maximum Gasteiger partial charge on any atom is 0.256 e. The van der Waals surface area contributed by atoms with Crippen molar-refractivity contribution < 1.29 is 4.57 Å². The van der Waals surface area contributed by atoms with Gasteiger partial charge in [0.2, 0.25) is 0 Å². The predicted molar refractivity (Wildman–Crippen MR) is 50.0 cm³/mol. The van der Waals surface area contributed by atoms with E-state index in [4.69, 9.17) is 0 Å². The zero-order valence-corrected chi connectivity index (χ0v) is 8.59. The van der Waals surface area contributed by atoms with Gasteiger partial charge >= 0.3 is 0 Å². The standard InChI is InChI=1S/C10H19N2/c1-5-9-8-12(7-3)10(6-2)11(9)4/h8H,5-7H2,1-4H3/q+1. The average molecular weight is 167 g/mol. The van der Waals surface area contributed by atoms with Crippen molar-refractivity contribution in [2.45, 2.75) is 40.2 Å². The summed E-state index contributed by atoms with van der Waals surface area (Å²) in [5, 5.41) is 0. The lowest BCUT2D eigenvalue weighted by atomic mass is 10.4. The highest BCUT2D eigenvalue weighted by atomic mass is 15.1. The van der Waals surface area contributed by atoms with Crippen LogP contribution in [0, 0.1) is 0 Å². The molecule has 1 heterocycles. The van der Waals surface area contributed by atoms with Gasteiger partial charge in [-0.15, -0.1) is 0 Å². The summed E-state index contributed by atoms with van der Waals surface area (Å²) in [4.78, 5) is 0. The summed E-state index contributed by atoms with van der Waals surface area (Å²) in [6.07, 6.45) is 4.50. The summed E-state index contributed by atoms with van der Waals surface area (Å²) < 4.78 is 4.64. The number of aromatic nitrogens is 2. The van der Waals surface area contributed by atoms with Crippen LogP contribution in [-0.4, -0.2) is 4.57 Å². The molecule has 0 N–H and O–H groups in total. The van der Waals surface area contributed by atoms with E-state index in [1.807, 2.05) is 0 Å². The first kappa shape index (κ1) is 9.30. The molecule has 0 radical (unpaired) electrons. The van der Waals surface area contributed by atoms with Gasteiger partial charge in [0, 0.05) is 12.8 Å². The number of hydrogen-bond acceptors (Lipinski definition) is 0.